The zero-order valence-electron chi connectivity index (χ0n) is 7.66. The number of halogens is 2. The Morgan fingerprint density at radius 2 is 1.85 bits per heavy atom. The standard InChI is InChI=1S/C10H14FN.ClH/c1-2-3-10(12)8-4-6-9(11)7-5-8;/h4-7,10H,2-3,12H2,1H3;1H/t10-;/m0./s1. The molecule has 2 N–H and O–H groups in total. The van der Waals surface area contributed by atoms with Crippen LogP contribution in [0.15, 0.2) is 24.3 Å². The first-order valence-corrected chi connectivity index (χ1v) is 4.25. The van der Waals surface area contributed by atoms with E-state index in [1.165, 1.54) is 12.1 Å². The van der Waals surface area contributed by atoms with Crippen LogP contribution in [0.1, 0.15) is 31.4 Å². The van der Waals surface area contributed by atoms with Gasteiger partial charge in [0, 0.05) is 6.04 Å². The van der Waals surface area contributed by atoms with Crippen LogP contribution in [0.25, 0.3) is 0 Å². The average Bonchev–Trinajstić information content (AvgIpc) is 2.06. The van der Waals surface area contributed by atoms with Gasteiger partial charge < -0.3 is 5.73 Å². The fourth-order valence-corrected chi connectivity index (χ4v) is 1.19. The van der Waals surface area contributed by atoms with Crippen LogP contribution in [-0.4, -0.2) is 0 Å². The van der Waals surface area contributed by atoms with Gasteiger partial charge in [-0.25, -0.2) is 4.39 Å². The molecule has 0 bridgehead atoms. The summed E-state index contributed by atoms with van der Waals surface area (Å²) >= 11 is 0. The van der Waals surface area contributed by atoms with Gasteiger partial charge in [-0.1, -0.05) is 25.5 Å². The third-order valence-electron chi connectivity index (χ3n) is 1.90. The molecule has 0 fully saturated rings. The third-order valence-corrected chi connectivity index (χ3v) is 1.90. The molecule has 0 heterocycles. The van der Waals surface area contributed by atoms with Crippen molar-refractivity contribution in [1.29, 1.82) is 0 Å². The summed E-state index contributed by atoms with van der Waals surface area (Å²) in [7, 11) is 0. The molecule has 0 unspecified atom stereocenters. The molecule has 13 heavy (non-hydrogen) atoms. The van der Waals surface area contributed by atoms with E-state index in [1.807, 2.05) is 0 Å². The normalized spacial score (nSPS) is 11.9. The molecule has 1 aromatic rings. The molecule has 1 rings (SSSR count). The summed E-state index contributed by atoms with van der Waals surface area (Å²) in [5, 5.41) is 0. The van der Waals surface area contributed by atoms with Crippen LogP contribution in [0, 0.1) is 5.82 Å². The quantitative estimate of drug-likeness (QED) is 0.803. The predicted molar refractivity (Wildman–Crippen MR) is 55.5 cm³/mol. The van der Waals surface area contributed by atoms with Crippen LogP contribution in [-0.2, 0) is 0 Å². The maximum Gasteiger partial charge on any atom is 0.123 e. The largest absolute Gasteiger partial charge is 0.324 e. The van der Waals surface area contributed by atoms with Gasteiger partial charge in [-0.2, -0.15) is 0 Å². The Balaban J connectivity index is 0.00000144. The van der Waals surface area contributed by atoms with E-state index in [4.69, 9.17) is 5.73 Å². The third kappa shape index (κ3) is 3.75. The summed E-state index contributed by atoms with van der Waals surface area (Å²) in [5.41, 5.74) is 6.85. The van der Waals surface area contributed by atoms with Crippen molar-refractivity contribution < 1.29 is 4.39 Å². The first-order chi connectivity index (χ1) is 5.74. The Bertz CT molecular complexity index is 235. The van der Waals surface area contributed by atoms with Gasteiger partial charge in [0.1, 0.15) is 5.82 Å². The highest BCUT2D eigenvalue weighted by Gasteiger charge is 2.03. The number of nitrogens with two attached hydrogens (primary N) is 1. The summed E-state index contributed by atoms with van der Waals surface area (Å²) in [5.74, 6) is -0.206. The molecule has 0 saturated carbocycles. The van der Waals surface area contributed by atoms with Crippen molar-refractivity contribution in [2.24, 2.45) is 5.73 Å². The highest BCUT2D eigenvalue weighted by atomic mass is 35.5. The molecule has 0 saturated heterocycles. The van der Waals surface area contributed by atoms with E-state index in [0.717, 1.165) is 18.4 Å². The molecule has 0 radical (unpaired) electrons. The number of rotatable bonds is 3. The zero-order valence-corrected chi connectivity index (χ0v) is 8.48. The maximum atomic E-state index is 12.5. The molecular formula is C10H15ClFN. The fourth-order valence-electron chi connectivity index (χ4n) is 1.19. The Kier molecular flexibility index (Phi) is 5.67. The van der Waals surface area contributed by atoms with E-state index in [-0.39, 0.29) is 24.3 Å². The van der Waals surface area contributed by atoms with Gasteiger partial charge in [0.05, 0.1) is 0 Å². The van der Waals surface area contributed by atoms with Crippen LogP contribution >= 0.6 is 12.4 Å². The highest BCUT2D eigenvalue weighted by Crippen LogP contribution is 2.15. The minimum absolute atomic E-state index is 0. The Morgan fingerprint density at radius 1 is 1.31 bits per heavy atom. The van der Waals surface area contributed by atoms with E-state index in [1.54, 1.807) is 12.1 Å². The van der Waals surface area contributed by atoms with E-state index in [2.05, 4.69) is 6.92 Å². The molecule has 1 atom stereocenters. The monoisotopic (exact) mass is 203 g/mol. The van der Waals surface area contributed by atoms with Gasteiger partial charge in [-0.3, -0.25) is 0 Å². The molecule has 0 amide bonds. The first kappa shape index (κ1) is 12.4. The second kappa shape index (κ2) is 5.95. The molecule has 0 spiro atoms. The first-order valence-electron chi connectivity index (χ1n) is 4.25. The summed E-state index contributed by atoms with van der Waals surface area (Å²) < 4.78 is 12.5. The second-order valence-corrected chi connectivity index (χ2v) is 2.95. The van der Waals surface area contributed by atoms with E-state index in [0.29, 0.717) is 0 Å². The van der Waals surface area contributed by atoms with Crippen molar-refractivity contribution in [3.8, 4) is 0 Å². The second-order valence-electron chi connectivity index (χ2n) is 2.95. The highest BCUT2D eigenvalue weighted by molar-refractivity contribution is 5.85. The summed E-state index contributed by atoms with van der Waals surface area (Å²) in [6.07, 6.45) is 2.00. The summed E-state index contributed by atoms with van der Waals surface area (Å²) in [6, 6.07) is 6.44. The predicted octanol–water partition coefficient (Wildman–Crippen LogP) is 3.05. The Labute approximate surface area is 84.5 Å². The van der Waals surface area contributed by atoms with Crippen LogP contribution in [0.4, 0.5) is 4.39 Å². The van der Waals surface area contributed by atoms with E-state index < -0.39 is 0 Å². The molecule has 3 heteroatoms. The van der Waals surface area contributed by atoms with Gasteiger partial charge >= 0.3 is 0 Å². The average molecular weight is 204 g/mol. The summed E-state index contributed by atoms with van der Waals surface area (Å²) in [4.78, 5) is 0. The van der Waals surface area contributed by atoms with Crippen LogP contribution in [0.2, 0.25) is 0 Å². The topological polar surface area (TPSA) is 26.0 Å². The zero-order chi connectivity index (χ0) is 8.97. The van der Waals surface area contributed by atoms with Crippen molar-refractivity contribution in [3.05, 3.63) is 35.6 Å². The van der Waals surface area contributed by atoms with Gasteiger partial charge in [-0.15, -0.1) is 12.4 Å². The van der Waals surface area contributed by atoms with Crippen molar-refractivity contribution in [1.82, 2.24) is 0 Å². The molecule has 0 aromatic heterocycles. The van der Waals surface area contributed by atoms with Gasteiger partial charge in [0.2, 0.25) is 0 Å². The number of hydrogen-bond donors (Lipinski definition) is 1. The van der Waals surface area contributed by atoms with Gasteiger partial charge in [0.25, 0.3) is 0 Å². The fraction of sp³-hybridized carbons (Fsp3) is 0.400. The lowest BCUT2D eigenvalue weighted by atomic mass is 10.0. The van der Waals surface area contributed by atoms with E-state index in [9.17, 15) is 4.39 Å². The summed E-state index contributed by atoms with van der Waals surface area (Å²) in [6.45, 7) is 2.09. The molecule has 74 valence electrons. The minimum Gasteiger partial charge on any atom is -0.324 e. The number of benzene rings is 1. The molecule has 0 aliphatic rings. The maximum absolute atomic E-state index is 12.5. The van der Waals surface area contributed by atoms with Crippen molar-refractivity contribution >= 4 is 12.4 Å². The Hall–Kier alpha value is -0.600. The SMILES string of the molecule is CCC[C@H](N)c1ccc(F)cc1.Cl. The van der Waals surface area contributed by atoms with Crippen molar-refractivity contribution in [2.75, 3.05) is 0 Å². The van der Waals surface area contributed by atoms with Crippen molar-refractivity contribution in [3.63, 3.8) is 0 Å². The molecule has 0 aliphatic heterocycles. The lowest BCUT2D eigenvalue weighted by Crippen LogP contribution is -2.09. The van der Waals surface area contributed by atoms with Crippen LogP contribution < -0.4 is 5.73 Å². The van der Waals surface area contributed by atoms with Crippen LogP contribution in [0.5, 0.6) is 0 Å². The van der Waals surface area contributed by atoms with Crippen molar-refractivity contribution in [2.45, 2.75) is 25.8 Å². The lowest BCUT2D eigenvalue weighted by molar-refractivity contribution is 0.616. The molecule has 1 nitrogen and oxygen atoms in total. The van der Waals surface area contributed by atoms with Crippen LogP contribution in [0.3, 0.4) is 0 Å². The molecule has 1 aromatic carbocycles. The molecular weight excluding hydrogens is 189 g/mol. The van der Waals surface area contributed by atoms with Gasteiger partial charge in [0.15, 0.2) is 0 Å². The minimum atomic E-state index is -0.206. The van der Waals surface area contributed by atoms with Gasteiger partial charge in [-0.05, 0) is 24.1 Å². The molecule has 0 aliphatic carbocycles. The lowest BCUT2D eigenvalue weighted by Gasteiger charge is -2.09. The smallest absolute Gasteiger partial charge is 0.123 e. The Morgan fingerprint density at radius 3 is 2.31 bits per heavy atom. The van der Waals surface area contributed by atoms with E-state index >= 15 is 0 Å². The number of hydrogen-bond acceptors (Lipinski definition) is 1.